The molecule has 15 heavy (non-hydrogen) atoms. The first kappa shape index (κ1) is 12.2. The lowest BCUT2D eigenvalue weighted by Gasteiger charge is -2.18. The highest BCUT2D eigenvalue weighted by Gasteiger charge is 2.16. The molecule has 4 nitrogen and oxygen atoms in total. The van der Waals surface area contributed by atoms with E-state index in [9.17, 15) is 0 Å². The van der Waals surface area contributed by atoms with Crippen molar-refractivity contribution in [2.45, 2.75) is 46.2 Å². The van der Waals surface area contributed by atoms with E-state index in [4.69, 9.17) is 5.84 Å². The van der Waals surface area contributed by atoms with Crippen LogP contribution in [0.4, 0.5) is 0 Å². The molecule has 3 N–H and O–H groups in total. The van der Waals surface area contributed by atoms with Gasteiger partial charge in [-0.2, -0.15) is 0 Å². The molecule has 0 saturated heterocycles. The van der Waals surface area contributed by atoms with Crippen LogP contribution in [0, 0.1) is 5.92 Å². The Hall–Kier alpha value is -0.870. The minimum absolute atomic E-state index is 0.159. The molecule has 0 aliphatic heterocycles. The van der Waals surface area contributed by atoms with E-state index in [2.05, 4.69) is 35.7 Å². The van der Waals surface area contributed by atoms with Gasteiger partial charge in [-0.25, -0.2) is 10.4 Å². The van der Waals surface area contributed by atoms with Crippen LogP contribution in [0.1, 0.15) is 45.5 Å². The summed E-state index contributed by atoms with van der Waals surface area (Å²) in [5.74, 6) is 7.23. The topological polar surface area (TPSA) is 55.9 Å². The number of imidazole rings is 1. The summed E-state index contributed by atoms with van der Waals surface area (Å²) in [6.07, 6.45) is 5.98. The van der Waals surface area contributed by atoms with E-state index in [0.29, 0.717) is 5.92 Å². The lowest BCUT2D eigenvalue weighted by atomic mass is 10.0. The molecule has 1 aromatic heterocycles. The highest BCUT2D eigenvalue weighted by atomic mass is 15.3. The first-order valence-electron chi connectivity index (χ1n) is 5.66. The molecule has 1 aromatic rings. The zero-order valence-electron chi connectivity index (χ0n) is 9.90. The Morgan fingerprint density at radius 1 is 1.53 bits per heavy atom. The Kier molecular flexibility index (Phi) is 4.78. The number of aryl methyl sites for hydroxylation is 1. The average molecular weight is 210 g/mol. The zero-order valence-corrected chi connectivity index (χ0v) is 9.90. The maximum atomic E-state index is 5.57. The third-order valence-corrected chi connectivity index (χ3v) is 2.43. The fourth-order valence-corrected chi connectivity index (χ4v) is 1.78. The molecule has 0 radical (unpaired) electrons. The van der Waals surface area contributed by atoms with Gasteiger partial charge in [-0.05, 0) is 18.8 Å². The summed E-state index contributed by atoms with van der Waals surface area (Å²) in [5, 5.41) is 0. The fraction of sp³-hybridized carbons (Fsp3) is 0.727. The molecule has 0 spiro atoms. The summed E-state index contributed by atoms with van der Waals surface area (Å²) in [6, 6.07) is 0.159. The van der Waals surface area contributed by atoms with E-state index in [1.165, 1.54) is 0 Å². The molecule has 4 heteroatoms. The van der Waals surface area contributed by atoms with E-state index in [-0.39, 0.29) is 6.04 Å². The van der Waals surface area contributed by atoms with Crippen LogP contribution in [-0.4, -0.2) is 9.55 Å². The van der Waals surface area contributed by atoms with Crippen LogP contribution in [0.3, 0.4) is 0 Å². The second-order valence-electron chi connectivity index (χ2n) is 4.33. The van der Waals surface area contributed by atoms with Crippen molar-refractivity contribution in [2.24, 2.45) is 11.8 Å². The van der Waals surface area contributed by atoms with Crippen molar-refractivity contribution in [1.29, 1.82) is 0 Å². The molecule has 0 aliphatic carbocycles. The maximum Gasteiger partial charge on any atom is 0.127 e. The van der Waals surface area contributed by atoms with E-state index in [1.54, 1.807) is 0 Å². The van der Waals surface area contributed by atoms with Gasteiger partial charge in [0.15, 0.2) is 0 Å². The normalized spacial score (nSPS) is 13.4. The van der Waals surface area contributed by atoms with Crippen LogP contribution < -0.4 is 11.3 Å². The molecule has 0 amide bonds. The number of aromatic nitrogens is 2. The summed E-state index contributed by atoms with van der Waals surface area (Å²) in [6.45, 7) is 7.55. The van der Waals surface area contributed by atoms with Crippen LogP contribution in [0.25, 0.3) is 0 Å². The van der Waals surface area contributed by atoms with Gasteiger partial charge in [0.25, 0.3) is 0 Å². The van der Waals surface area contributed by atoms with Gasteiger partial charge < -0.3 is 4.57 Å². The minimum atomic E-state index is 0.159. The lowest BCUT2D eigenvalue weighted by Crippen LogP contribution is -2.31. The average Bonchev–Trinajstić information content (AvgIpc) is 2.63. The standard InChI is InChI=1S/C11H22N4/c1-4-6-15-7-5-13-11(15)10(14-12)8-9(2)3/h5,7,9-10,14H,4,6,8,12H2,1-3H3. The fourth-order valence-electron chi connectivity index (χ4n) is 1.78. The molecule has 1 atom stereocenters. The quantitative estimate of drug-likeness (QED) is 0.556. The molecule has 86 valence electrons. The predicted molar refractivity (Wildman–Crippen MR) is 62.0 cm³/mol. The van der Waals surface area contributed by atoms with Gasteiger partial charge in [0.05, 0.1) is 6.04 Å². The number of nitrogens with one attached hydrogen (secondary N) is 1. The second kappa shape index (κ2) is 5.88. The van der Waals surface area contributed by atoms with Gasteiger partial charge in [0.2, 0.25) is 0 Å². The van der Waals surface area contributed by atoms with Crippen molar-refractivity contribution in [1.82, 2.24) is 15.0 Å². The monoisotopic (exact) mass is 210 g/mol. The van der Waals surface area contributed by atoms with Gasteiger partial charge in [-0.1, -0.05) is 20.8 Å². The Balaban J connectivity index is 2.76. The Bertz CT molecular complexity index is 280. The third-order valence-electron chi connectivity index (χ3n) is 2.43. The van der Waals surface area contributed by atoms with Gasteiger partial charge in [-0.3, -0.25) is 5.84 Å². The van der Waals surface area contributed by atoms with Crippen molar-refractivity contribution in [2.75, 3.05) is 0 Å². The van der Waals surface area contributed by atoms with Gasteiger partial charge >= 0.3 is 0 Å². The predicted octanol–water partition coefficient (Wildman–Crippen LogP) is 1.84. The molecular formula is C11H22N4. The Morgan fingerprint density at radius 2 is 2.27 bits per heavy atom. The van der Waals surface area contributed by atoms with E-state index in [0.717, 1.165) is 25.2 Å². The SMILES string of the molecule is CCCn1ccnc1C(CC(C)C)NN. The van der Waals surface area contributed by atoms with E-state index >= 15 is 0 Å². The third kappa shape index (κ3) is 3.32. The first-order valence-corrected chi connectivity index (χ1v) is 5.66. The van der Waals surface area contributed by atoms with Gasteiger partial charge in [0.1, 0.15) is 5.82 Å². The highest BCUT2D eigenvalue weighted by molar-refractivity contribution is 4.99. The van der Waals surface area contributed by atoms with E-state index < -0.39 is 0 Å². The molecule has 0 fully saturated rings. The number of nitrogens with two attached hydrogens (primary N) is 1. The number of nitrogens with zero attached hydrogens (tertiary/aromatic N) is 2. The number of rotatable bonds is 6. The Morgan fingerprint density at radius 3 is 2.80 bits per heavy atom. The molecular weight excluding hydrogens is 188 g/mol. The van der Waals surface area contributed by atoms with Crippen molar-refractivity contribution < 1.29 is 0 Å². The zero-order chi connectivity index (χ0) is 11.3. The summed E-state index contributed by atoms with van der Waals surface area (Å²) >= 11 is 0. The second-order valence-corrected chi connectivity index (χ2v) is 4.33. The molecule has 0 saturated carbocycles. The molecule has 1 unspecified atom stereocenters. The van der Waals surface area contributed by atoms with Crippen molar-refractivity contribution in [3.63, 3.8) is 0 Å². The van der Waals surface area contributed by atoms with Crippen LogP contribution >= 0.6 is 0 Å². The van der Waals surface area contributed by atoms with Crippen molar-refractivity contribution >= 4 is 0 Å². The smallest absolute Gasteiger partial charge is 0.127 e. The summed E-state index contributed by atoms with van der Waals surface area (Å²) in [4.78, 5) is 4.38. The molecule has 0 aliphatic rings. The van der Waals surface area contributed by atoms with Gasteiger partial charge in [0, 0.05) is 18.9 Å². The largest absolute Gasteiger partial charge is 0.334 e. The molecule has 0 bridgehead atoms. The van der Waals surface area contributed by atoms with E-state index in [1.807, 2.05) is 12.4 Å². The van der Waals surface area contributed by atoms with Crippen molar-refractivity contribution in [3.05, 3.63) is 18.2 Å². The highest BCUT2D eigenvalue weighted by Crippen LogP contribution is 2.19. The molecule has 0 aromatic carbocycles. The van der Waals surface area contributed by atoms with Crippen molar-refractivity contribution in [3.8, 4) is 0 Å². The first-order chi connectivity index (χ1) is 7.19. The molecule has 1 heterocycles. The Labute approximate surface area is 91.8 Å². The van der Waals surface area contributed by atoms with Crippen LogP contribution in [0.2, 0.25) is 0 Å². The van der Waals surface area contributed by atoms with Crippen LogP contribution in [-0.2, 0) is 6.54 Å². The molecule has 1 rings (SSSR count). The minimum Gasteiger partial charge on any atom is -0.334 e. The summed E-state index contributed by atoms with van der Waals surface area (Å²) in [7, 11) is 0. The number of hydrazine groups is 1. The summed E-state index contributed by atoms with van der Waals surface area (Å²) in [5.41, 5.74) is 2.85. The lowest BCUT2D eigenvalue weighted by molar-refractivity contribution is 0.406. The maximum absolute atomic E-state index is 5.57. The van der Waals surface area contributed by atoms with Crippen LogP contribution in [0.5, 0.6) is 0 Å². The number of hydrogen-bond acceptors (Lipinski definition) is 3. The van der Waals surface area contributed by atoms with Crippen LogP contribution in [0.15, 0.2) is 12.4 Å². The number of hydrogen-bond donors (Lipinski definition) is 2. The summed E-state index contributed by atoms with van der Waals surface area (Å²) < 4.78 is 2.17. The van der Waals surface area contributed by atoms with Gasteiger partial charge in [-0.15, -0.1) is 0 Å².